The standard InChI is InChI=1S/C19H21Cl2N3O3S/c20-15-6-7-17(21)18(14-15)28(26,27)24-12-10-23(11-13-24)9-8-19(25)22-16-4-2-1-3-5-16/h1-7,14H,8-13H2,(H,22,25). The average Bonchev–Trinajstić information content (AvgIpc) is 2.69. The molecule has 1 amide bonds. The van der Waals surface area contributed by atoms with Crippen molar-refractivity contribution in [3.05, 3.63) is 58.6 Å². The van der Waals surface area contributed by atoms with Gasteiger partial charge < -0.3 is 10.2 Å². The predicted molar refractivity (Wildman–Crippen MR) is 111 cm³/mol. The van der Waals surface area contributed by atoms with Gasteiger partial charge in [0.2, 0.25) is 15.9 Å². The molecule has 2 aromatic carbocycles. The van der Waals surface area contributed by atoms with Gasteiger partial charge in [0.1, 0.15) is 4.90 Å². The molecule has 9 heteroatoms. The van der Waals surface area contributed by atoms with E-state index >= 15 is 0 Å². The third-order valence-electron chi connectivity index (χ3n) is 4.55. The van der Waals surface area contributed by atoms with Crippen LogP contribution in [-0.2, 0) is 14.8 Å². The Balaban J connectivity index is 1.51. The van der Waals surface area contributed by atoms with Gasteiger partial charge in [-0.1, -0.05) is 41.4 Å². The number of nitrogens with one attached hydrogen (secondary N) is 1. The van der Waals surface area contributed by atoms with E-state index < -0.39 is 10.0 Å². The fourth-order valence-corrected chi connectivity index (χ4v) is 5.17. The normalized spacial score (nSPS) is 16.1. The molecule has 0 unspecified atom stereocenters. The van der Waals surface area contributed by atoms with Crippen LogP contribution < -0.4 is 5.32 Å². The molecule has 1 heterocycles. The third kappa shape index (κ3) is 5.24. The van der Waals surface area contributed by atoms with Gasteiger partial charge in [0.05, 0.1) is 5.02 Å². The molecule has 28 heavy (non-hydrogen) atoms. The highest BCUT2D eigenvalue weighted by Gasteiger charge is 2.30. The molecule has 0 aromatic heterocycles. The largest absolute Gasteiger partial charge is 0.326 e. The highest BCUT2D eigenvalue weighted by atomic mass is 35.5. The Morgan fingerprint density at radius 2 is 1.68 bits per heavy atom. The van der Waals surface area contributed by atoms with Crippen molar-refractivity contribution in [2.45, 2.75) is 11.3 Å². The van der Waals surface area contributed by atoms with Gasteiger partial charge in [-0.15, -0.1) is 0 Å². The van der Waals surface area contributed by atoms with Crippen LogP contribution in [0, 0.1) is 0 Å². The lowest BCUT2D eigenvalue weighted by molar-refractivity contribution is -0.116. The van der Waals surface area contributed by atoms with Crippen molar-refractivity contribution >= 4 is 44.8 Å². The van der Waals surface area contributed by atoms with Gasteiger partial charge in [0, 0.05) is 49.9 Å². The predicted octanol–water partition coefficient (Wildman–Crippen LogP) is 3.33. The molecule has 0 spiro atoms. The monoisotopic (exact) mass is 441 g/mol. The van der Waals surface area contributed by atoms with E-state index in [-0.39, 0.29) is 15.8 Å². The Morgan fingerprint density at radius 1 is 1.00 bits per heavy atom. The van der Waals surface area contributed by atoms with E-state index in [0.717, 1.165) is 5.69 Å². The van der Waals surface area contributed by atoms with Gasteiger partial charge in [-0.2, -0.15) is 4.31 Å². The molecule has 1 saturated heterocycles. The highest BCUT2D eigenvalue weighted by molar-refractivity contribution is 7.89. The Morgan fingerprint density at radius 3 is 2.36 bits per heavy atom. The van der Waals surface area contributed by atoms with E-state index in [1.54, 1.807) is 6.07 Å². The maximum absolute atomic E-state index is 12.8. The van der Waals surface area contributed by atoms with Crippen molar-refractivity contribution in [3.8, 4) is 0 Å². The minimum Gasteiger partial charge on any atom is -0.326 e. The molecule has 2 aromatic rings. The minimum atomic E-state index is -3.70. The molecular formula is C19H21Cl2N3O3S. The molecule has 0 radical (unpaired) electrons. The zero-order chi connectivity index (χ0) is 20.1. The quantitative estimate of drug-likeness (QED) is 0.745. The number of halogens is 2. The van der Waals surface area contributed by atoms with Crippen LogP contribution >= 0.6 is 23.2 Å². The summed E-state index contributed by atoms with van der Waals surface area (Å²) in [6, 6.07) is 13.7. The number of hydrogen-bond donors (Lipinski definition) is 1. The summed E-state index contributed by atoms with van der Waals surface area (Å²) in [6.45, 7) is 2.35. The summed E-state index contributed by atoms with van der Waals surface area (Å²) in [7, 11) is -3.70. The number of carbonyl (C=O) groups excluding carboxylic acids is 1. The molecule has 1 N–H and O–H groups in total. The van der Waals surface area contributed by atoms with E-state index in [9.17, 15) is 13.2 Å². The number of para-hydroxylation sites is 1. The molecule has 6 nitrogen and oxygen atoms in total. The lowest BCUT2D eigenvalue weighted by Crippen LogP contribution is -2.49. The molecule has 1 aliphatic rings. The second-order valence-corrected chi connectivity index (χ2v) is 9.23. The zero-order valence-corrected chi connectivity index (χ0v) is 17.5. The van der Waals surface area contributed by atoms with E-state index in [1.165, 1.54) is 16.4 Å². The number of sulfonamides is 1. The van der Waals surface area contributed by atoms with Crippen LogP contribution in [0.3, 0.4) is 0 Å². The first kappa shape index (κ1) is 21.1. The number of piperazine rings is 1. The summed E-state index contributed by atoms with van der Waals surface area (Å²) in [6.07, 6.45) is 0.349. The van der Waals surface area contributed by atoms with Crippen molar-refractivity contribution in [2.24, 2.45) is 0 Å². The lowest BCUT2D eigenvalue weighted by atomic mass is 10.3. The van der Waals surface area contributed by atoms with Crippen LogP contribution in [-0.4, -0.2) is 56.3 Å². The van der Waals surface area contributed by atoms with Crippen LogP contribution in [0.5, 0.6) is 0 Å². The highest BCUT2D eigenvalue weighted by Crippen LogP contribution is 2.28. The van der Waals surface area contributed by atoms with Crippen molar-refractivity contribution in [1.82, 2.24) is 9.21 Å². The van der Waals surface area contributed by atoms with Crippen molar-refractivity contribution in [2.75, 3.05) is 38.0 Å². The molecule has 150 valence electrons. The number of amides is 1. The first-order valence-electron chi connectivity index (χ1n) is 8.89. The van der Waals surface area contributed by atoms with Crippen LogP contribution in [0.4, 0.5) is 5.69 Å². The van der Waals surface area contributed by atoms with E-state index in [0.29, 0.717) is 44.2 Å². The Bertz CT molecular complexity index is 931. The first-order chi connectivity index (χ1) is 13.4. The Kier molecular flexibility index (Phi) is 6.95. The summed E-state index contributed by atoms with van der Waals surface area (Å²) >= 11 is 12.0. The number of benzene rings is 2. The van der Waals surface area contributed by atoms with Crippen LogP contribution in [0.15, 0.2) is 53.4 Å². The van der Waals surface area contributed by atoms with E-state index in [1.807, 2.05) is 30.3 Å². The lowest BCUT2D eigenvalue weighted by Gasteiger charge is -2.34. The maximum atomic E-state index is 12.8. The van der Waals surface area contributed by atoms with Crippen LogP contribution in [0.1, 0.15) is 6.42 Å². The summed E-state index contributed by atoms with van der Waals surface area (Å²) in [5.41, 5.74) is 0.766. The third-order valence-corrected chi connectivity index (χ3v) is 7.17. The first-order valence-corrected chi connectivity index (χ1v) is 11.1. The fraction of sp³-hybridized carbons (Fsp3) is 0.316. The zero-order valence-electron chi connectivity index (χ0n) is 15.1. The molecule has 1 fully saturated rings. The number of carbonyl (C=O) groups is 1. The number of anilines is 1. The van der Waals surface area contributed by atoms with Crippen LogP contribution in [0.25, 0.3) is 0 Å². The van der Waals surface area contributed by atoms with Gasteiger partial charge in [-0.25, -0.2) is 8.42 Å². The molecule has 0 atom stereocenters. The number of nitrogens with zero attached hydrogens (tertiary/aromatic N) is 2. The summed E-state index contributed by atoms with van der Waals surface area (Å²) in [4.78, 5) is 14.2. The fourth-order valence-electron chi connectivity index (χ4n) is 3.01. The minimum absolute atomic E-state index is 0.0253. The molecule has 0 aliphatic carbocycles. The summed E-state index contributed by atoms with van der Waals surface area (Å²) in [5, 5.41) is 3.33. The molecule has 1 aliphatic heterocycles. The van der Waals surface area contributed by atoms with Gasteiger partial charge in [0.25, 0.3) is 0 Å². The molecule has 0 bridgehead atoms. The number of rotatable bonds is 6. The van der Waals surface area contributed by atoms with E-state index in [4.69, 9.17) is 23.2 Å². The van der Waals surface area contributed by atoms with Crippen molar-refractivity contribution in [1.29, 1.82) is 0 Å². The average molecular weight is 442 g/mol. The van der Waals surface area contributed by atoms with Crippen molar-refractivity contribution in [3.63, 3.8) is 0 Å². The second-order valence-electron chi connectivity index (χ2n) is 6.48. The smallest absolute Gasteiger partial charge is 0.244 e. The molecular weight excluding hydrogens is 421 g/mol. The Labute approximate surface area is 175 Å². The van der Waals surface area contributed by atoms with Gasteiger partial charge in [-0.05, 0) is 30.3 Å². The van der Waals surface area contributed by atoms with Gasteiger partial charge in [0.15, 0.2) is 0 Å². The SMILES string of the molecule is O=C(CCN1CCN(S(=O)(=O)c2cc(Cl)ccc2Cl)CC1)Nc1ccccc1. The second kappa shape index (κ2) is 9.24. The number of hydrogen-bond acceptors (Lipinski definition) is 4. The summed E-state index contributed by atoms with van der Waals surface area (Å²) < 4.78 is 27.1. The van der Waals surface area contributed by atoms with Gasteiger partial charge >= 0.3 is 0 Å². The van der Waals surface area contributed by atoms with Crippen molar-refractivity contribution < 1.29 is 13.2 Å². The Hall–Kier alpha value is -1.64. The summed E-state index contributed by atoms with van der Waals surface area (Å²) in [5.74, 6) is -0.0630. The topological polar surface area (TPSA) is 69.7 Å². The molecule has 0 saturated carbocycles. The molecule has 3 rings (SSSR count). The van der Waals surface area contributed by atoms with Gasteiger partial charge in [-0.3, -0.25) is 4.79 Å². The van der Waals surface area contributed by atoms with Crippen LogP contribution in [0.2, 0.25) is 10.0 Å². The van der Waals surface area contributed by atoms with E-state index in [2.05, 4.69) is 10.2 Å². The maximum Gasteiger partial charge on any atom is 0.244 e.